The summed E-state index contributed by atoms with van der Waals surface area (Å²) < 4.78 is 44.6. The van der Waals surface area contributed by atoms with Crippen molar-refractivity contribution >= 4 is 12.9 Å². The second-order valence-corrected chi connectivity index (χ2v) is 4.49. The molecule has 0 aromatic heterocycles. The van der Waals surface area contributed by atoms with Gasteiger partial charge in [0.25, 0.3) is 0 Å². The molecule has 0 amide bonds. The summed E-state index contributed by atoms with van der Waals surface area (Å²) in [6.07, 6.45) is -0.195. The molecule has 0 bridgehead atoms. The Hall–Kier alpha value is 0.181. The molecule has 0 heterocycles. The number of hydrogen-bond donors (Lipinski definition) is 0. The van der Waals surface area contributed by atoms with Gasteiger partial charge >= 0.3 is 64.3 Å². The van der Waals surface area contributed by atoms with Gasteiger partial charge in [0, 0.05) is 5.92 Å². The SMILES string of the molecule is CCOC(=O)C1CC1(c1ccccc1)[B-](F)(F)F.[K+]. The van der Waals surface area contributed by atoms with E-state index in [1.807, 2.05) is 0 Å². The third-order valence-corrected chi connectivity index (χ3v) is 3.47. The van der Waals surface area contributed by atoms with Gasteiger partial charge in [-0.1, -0.05) is 42.3 Å². The van der Waals surface area contributed by atoms with Crippen molar-refractivity contribution in [2.45, 2.75) is 18.7 Å². The van der Waals surface area contributed by atoms with E-state index in [-0.39, 0.29) is 70.0 Å². The minimum absolute atomic E-state index is 0. The van der Waals surface area contributed by atoms with Crippen molar-refractivity contribution in [3.63, 3.8) is 0 Å². The number of ether oxygens (including phenoxy) is 1. The summed E-state index contributed by atoms with van der Waals surface area (Å²) in [6.45, 7) is -3.44. The third kappa shape index (κ3) is 3.10. The molecule has 2 nitrogen and oxygen atoms in total. The maximum absolute atomic E-state index is 13.3. The molecule has 1 aromatic rings. The van der Waals surface area contributed by atoms with Crippen LogP contribution in [0.4, 0.5) is 12.9 Å². The van der Waals surface area contributed by atoms with Crippen LogP contribution in [0.1, 0.15) is 18.9 Å². The molecule has 98 valence electrons. The first kappa shape index (κ1) is 17.2. The molecule has 7 heteroatoms. The van der Waals surface area contributed by atoms with Gasteiger partial charge in [0.15, 0.2) is 0 Å². The molecule has 2 unspecified atom stereocenters. The van der Waals surface area contributed by atoms with Crippen LogP contribution in [0.5, 0.6) is 0 Å². The summed E-state index contributed by atoms with van der Waals surface area (Å²) >= 11 is 0. The molecule has 1 aromatic carbocycles. The van der Waals surface area contributed by atoms with Gasteiger partial charge in [-0.3, -0.25) is 4.79 Å². The number of halogens is 3. The summed E-state index contributed by atoms with van der Waals surface area (Å²) in [6, 6.07) is 7.62. The molecule has 0 N–H and O–H groups in total. The fraction of sp³-hybridized carbons (Fsp3) is 0.417. The van der Waals surface area contributed by atoms with E-state index in [9.17, 15) is 17.7 Å². The number of esters is 1. The Labute approximate surface area is 152 Å². The van der Waals surface area contributed by atoms with Crippen LogP contribution < -0.4 is 51.4 Å². The molecule has 0 radical (unpaired) electrons. The van der Waals surface area contributed by atoms with Crippen LogP contribution in [0.15, 0.2) is 30.3 Å². The number of rotatable bonds is 4. The molecule has 19 heavy (non-hydrogen) atoms. The van der Waals surface area contributed by atoms with Gasteiger partial charge in [-0.25, -0.2) is 0 Å². The standard InChI is InChI=1S/C12H13BF3O2.K/c1-2-18-11(17)10-8-12(10,13(14,15)16)9-6-4-3-5-7-9;/h3-7,10H,2,8H2,1H3;/q-1;+1. The number of carbonyl (C=O) groups excluding carboxylic acids is 1. The largest absolute Gasteiger partial charge is 1.00 e. The summed E-state index contributed by atoms with van der Waals surface area (Å²) in [5, 5.41) is -1.99. The van der Waals surface area contributed by atoms with Crippen molar-refractivity contribution in [2.75, 3.05) is 6.61 Å². The zero-order valence-corrected chi connectivity index (χ0v) is 14.0. The van der Waals surface area contributed by atoms with E-state index >= 15 is 0 Å². The van der Waals surface area contributed by atoms with E-state index in [1.165, 1.54) is 12.1 Å². The van der Waals surface area contributed by atoms with E-state index in [0.717, 1.165) is 0 Å². The van der Waals surface area contributed by atoms with Crippen LogP contribution in [0.2, 0.25) is 0 Å². The van der Waals surface area contributed by atoms with Gasteiger partial charge in [-0.05, 0) is 12.2 Å². The van der Waals surface area contributed by atoms with Crippen molar-refractivity contribution in [1.82, 2.24) is 0 Å². The van der Waals surface area contributed by atoms with Crippen LogP contribution in [0.3, 0.4) is 0 Å². The molecule has 1 saturated carbocycles. The van der Waals surface area contributed by atoms with Gasteiger partial charge in [0.1, 0.15) is 0 Å². The van der Waals surface area contributed by atoms with Crippen LogP contribution in [-0.4, -0.2) is 19.6 Å². The van der Waals surface area contributed by atoms with E-state index in [2.05, 4.69) is 0 Å². The molecule has 2 atom stereocenters. The molecule has 1 aliphatic carbocycles. The van der Waals surface area contributed by atoms with E-state index < -0.39 is 24.2 Å². The number of hydrogen-bond acceptors (Lipinski definition) is 2. The first-order chi connectivity index (χ1) is 8.43. The predicted molar refractivity (Wildman–Crippen MR) is 61.9 cm³/mol. The van der Waals surface area contributed by atoms with Crippen LogP contribution in [0, 0.1) is 5.92 Å². The topological polar surface area (TPSA) is 26.3 Å². The number of benzene rings is 1. The van der Waals surface area contributed by atoms with Gasteiger partial charge < -0.3 is 17.7 Å². The second kappa shape index (κ2) is 6.30. The Morgan fingerprint density at radius 1 is 1.37 bits per heavy atom. The van der Waals surface area contributed by atoms with E-state index in [4.69, 9.17) is 4.74 Å². The predicted octanol–water partition coefficient (Wildman–Crippen LogP) is -0.102. The zero-order valence-electron chi connectivity index (χ0n) is 10.9. The summed E-state index contributed by atoms with van der Waals surface area (Å²) in [7, 11) is 0. The third-order valence-electron chi connectivity index (χ3n) is 3.47. The molecule has 2 rings (SSSR count). The summed E-state index contributed by atoms with van der Waals surface area (Å²) in [4.78, 5) is 11.5. The second-order valence-electron chi connectivity index (χ2n) is 4.49. The normalized spacial score (nSPS) is 25.4. The van der Waals surface area contributed by atoms with Gasteiger partial charge in [0.05, 0.1) is 6.61 Å². The maximum atomic E-state index is 13.3. The Morgan fingerprint density at radius 3 is 2.42 bits per heavy atom. The molecule has 1 fully saturated rings. The molecule has 0 aliphatic heterocycles. The monoisotopic (exact) mass is 296 g/mol. The smallest absolute Gasteiger partial charge is 0.466 e. The fourth-order valence-electron chi connectivity index (χ4n) is 2.43. The Morgan fingerprint density at radius 2 is 1.95 bits per heavy atom. The molecular weight excluding hydrogens is 283 g/mol. The van der Waals surface area contributed by atoms with Crippen LogP contribution >= 0.6 is 0 Å². The maximum Gasteiger partial charge on any atom is 1.00 e. The van der Waals surface area contributed by atoms with E-state index in [0.29, 0.717) is 0 Å². The van der Waals surface area contributed by atoms with Gasteiger partial charge in [-0.2, -0.15) is 0 Å². The first-order valence-electron chi connectivity index (χ1n) is 5.85. The minimum Gasteiger partial charge on any atom is -0.466 e. The van der Waals surface area contributed by atoms with Crippen molar-refractivity contribution in [2.24, 2.45) is 5.92 Å². The zero-order chi connectivity index (χ0) is 13.4. The quantitative estimate of drug-likeness (QED) is 0.573. The van der Waals surface area contributed by atoms with Crippen molar-refractivity contribution in [1.29, 1.82) is 0 Å². The van der Waals surface area contributed by atoms with E-state index in [1.54, 1.807) is 25.1 Å². The fourth-order valence-corrected chi connectivity index (χ4v) is 2.43. The average molecular weight is 296 g/mol. The molecule has 0 spiro atoms. The Bertz CT molecular complexity index is 452. The van der Waals surface area contributed by atoms with Crippen LogP contribution in [0.25, 0.3) is 0 Å². The molecule has 0 saturated heterocycles. The van der Waals surface area contributed by atoms with Gasteiger partial charge in [-0.15, -0.1) is 0 Å². The summed E-state index contributed by atoms with van der Waals surface area (Å²) in [5.74, 6) is -1.83. The molecule has 1 aliphatic rings. The van der Waals surface area contributed by atoms with Gasteiger partial charge in [0.2, 0.25) is 0 Å². The van der Waals surface area contributed by atoms with Crippen molar-refractivity contribution in [3.8, 4) is 0 Å². The minimum atomic E-state index is -5.13. The number of carbonyl (C=O) groups is 1. The average Bonchev–Trinajstić information content (AvgIpc) is 3.06. The Balaban J connectivity index is 0.00000180. The van der Waals surface area contributed by atoms with Crippen molar-refractivity contribution in [3.05, 3.63) is 35.9 Å². The molecular formula is C12H13BF3KO2. The van der Waals surface area contributed by atoms with Crippen molar-refractivity contribution < 1.29 is 73.9 Å². The summed E-state index contributed by atoms with van der Waals surface area (Å²) in [5.41, 5.74) is 0.163. The first-order valence-corrected chi connectivity index (χ1v) is 5.85. The Kier molecular flexibility index (Phi) is 5.72. The van der Waals surface area contributed by atoms with Crippen LogP contribution in [-0.2, 0) is 14.8 Å².